The molecule has 0 aromatic carbocycles. The largest absolute Gasteiger partial charge is 0.299 e. The lowest BCUT2D eigenvalue weighted by Gasteiger charge is -2.48. The van der Waals surface area contributed by atoms with Gasteiger partial charge in [-0.05, 0) is 37.0 Å². The number of ketones is 1. The van der Waals surface area contributed by atoms with Crippen LogP contribution in [0.4, 0.5) is 0 Å². The van der Waals surface area contributed by atoms with E-state index in [0.717, 1.165) is 12.8 Å². The van der Waals surface area contributed by atoms with Crippen molar-refractivity contribution in [1.29, 1.82) is 0 Å². The van der Waals surface area contributed by atoms with Crippen LogP contribution in [0, 0.1) is 29.6 Å². The Labute approximate surface area is 105 Å². The van der Waals surface area contributed by atoms with Crippen molar-refractivity contribution in [2.24, 2.45) is 29.6 Å². The smallest absolute Gasteiger partial charge is 0.140 e. The Kier molecular flexibility index (Phi) is 2.88. The number of hydrogen-bond donors (Lipinski definition) is 0. The van der Waals surface area contributed by atoms with Gasteiger partial charge in [-0.15, -0.1) is 0 Å². The summed E-state index contributed by atoms with van der Waals surface area (Å²) in [6.07, 6.45) is 8.61. The van der Waals surface area contributed by atoms with Gasteiger partial charge < -0.3 is 0 Å². The minimum Gasteiger partial charge on any atom is -0.299 e. The number of hydrogen-bond acceptors (Lipinski definition) is 1. The van der Waals surface area contributed by atoms with Gasteiger partial charge >= 0.3 is 0 Å². The fourth-order valence-corrected chi connectivity index (χ4v) is 4.80. The molecular weight excluding hydrogens is 208 g/mol. The van der Waals surface area contributed by atoms with Crippen molar-refractivity contribution >= 4 is 5.78 Å². The van der Waals surface area contributed by atoms with Crippen molar-refractivity contribution in [3.8, 4) is 0 Å². The summed E-state index contributed by atoms with van der Waals surface area (Å²) in [6.45, 7) is 6.75. The van der Waals surface area contributed by atoms with E-state index in [0.29, 0.717) is 35.4 Å². The van der Waals surface area contributed by atoms with Crippen molar-refractivity contribution in [3.05, 3.63) is 12.2 Å². The average molecular weight is 232 g/mol. The Morgan fingerprint density at radius 1 is 0.941 bits per heavy atom. The number of fused-ring (bicyclic) bond motifs is 2. The standard InChI is InChI=1S/C16H24O/c1-10-6-5-9-14-15(10)11(2)12-7-3-4-8-13(12)16(14)17/h10,12-15H,2-9H2,1H3. The minimum absolute atomic E-state index is 0.339. The molecule has 0 heterocycles. The van der Waals surface area contributed by atoms with Gasteiger partial charge in [0.15, 0.2) is 0 Å². The first-order valence-electron chi connectivity index (χ1n) is 7.42. The summed E-state index contributed by atoms with van der Waals surface area (Å²) in [6, 6.07) is 0. The Morgan fingerprint density at radius 3 is 2.35 bits per heavy atom. The maximum absolute atomic E-state index is 12.6. The zero-order valence-electron chi connectivity index (χ0n) is 11.0. The Bertz CT molecular complexity index is 343. The normalized spacial score (nSPS) is 46.3. The predicted molar refractivity (Wildman–Crippen MR) is 69.6 cm³/mol. The third-order valence-electron chi connectivity index (χ3n) is 5.62. The highest BCUT2D eigenvalue weighted by atomic mass is 16.1. The summed E-state index contributed by atoms with van der Waals surface area (Å²) in [5.74, 6) is 3.05. The molecule has 3 fully saturated rings. The first-order valence-corrected chi connectivity index (χ1v) is 7.42. The van der Waals surface area contributed by atoms with Gasteiger partial charge in [0.05, 0.1) is 0 Å². The van der Waals surface area contributed by atoms with Crippen LogP contribution in [0.5, 0.6) is 0 Å². The molecule has 0 radical (unpaired) electrons. The SMILES string of the molecule is C=C1C2CCCCC2C(=O)C2CCCC(C)C12. The van der Waals surface area contributed by atoms with E-state index in [-0.39, 0.29) is 0 Å². The van der Waals surface area contributed by atoms with Crippen molar-refractivity contribution in [2.45, 2.75) is 51.9 Å². The second kappa shape index (κ2) is 4.26. The van der Waals surface area contributed by atoms with E-state index >= 15 is 0 Å². The van der Waals surface area contributed by atoms with E-state index in [1.807, 2.05) is 0 Å². The van der Waals surface area contributed by atoms with E-state index in [1.165, 1.54) is 37.7 Å². The van der Waals surface area contributed by atoms with Crippen molar-refractivity contribution in [1.82, 2.24) is 0 Å². The molecule has 0 saturated heterocycles. The molecule has 0 aromatic rings. The number of rotatable bonds is 0. The molecule has 0 bridgehead atoms. The van der Waals surface area contributed by atoms with Crippen molar-refractivity contribution in [2.75, 3.05) is 0 Å². The molecular formula is C16H24O. The lowest BCUT2D eigenvalue weighted by Crippen LogP contribution is -2.47. The van der Waals surface area contributed by atoms with Gasteiger partial charge in [-0.2, -0.15) is 0 Å². The van der Waals surface area contributed by atoms with Crippen molar-refractivity contribution in [3.63, 3.8) is 0 Å². The minimum atomic E-state index is 0.339. The fraction of sp³-hybridized carbons (Fsp3) is 0.812. The van der Waals surface area contributed by atoms with Crippen molar-refractivity contribution < 1.29 is 4.79 Å². The van der Waals surface area contributed by atoms with E-state index in [2.05, 4.69) is 13.5 Å². The van der Waals surface area contributed by atoms with Gasteiger partial charge in [-0.3, -0.25) is 4.79 Å². The molecule has 3 rings (SSSR count). The topological polar surface area (TPSA) is 17.1 Å². The van der Waals surface area contributed by atoms with Crippen LogP contribution in [0.3, 0.4) is 0 Å². The van der Waals surface area contributed by atoms with E-state index < -0.39 is 0 Å². The number of carbonyl (C=O) groups is 1. The first-order chi connectivity index (χ1) is 8.20. The van der Waals surface area contributed by atoms with Crippen LogP contribution in [-0.4, -0.2) is 5.78 Å². The van der Waals surface area contributed by atoms with Gasteiger partial charge in [0.2, 0.25) is 0 Å². The summed E-state index contributed by atoms with van der Waals surface area (Å²) in [7, 11) is 0. The molecule has 1 heteroatoms. The van der Waals surface area contributed by atoms with Gasteiger partial charge in [0.1, 0.15) is 5.78 Å². The van der Waals surface area contributed by atoms with Crippen LogP contribution in [-0.2, 0) is 4.79 Å². The Morgan fingerprint density at radius 2 is 1.59 bits per heavy atom. The molecule has 5 atom stereocenters. The lowest BCUT2D eigenvalue weighted by atomic mass is 9.55. The van der Waals surface area contributed by atoms with Gasteiger partial charge in [-0.25, -0.2) is 0 Å². The molecule has 0 spiro atoms. The van der Waals surface area contributed by atoms with Gasteiger partial charge in [0.25, 0.3) is 0 Å². The molecule has 94 valence electrons. The molecule has 3 saturated carbocycles. The fourth-order valence-electron chi connectivity index (χ4n) is 4.80. The molecule has 3 aliphatic carbocycles. The predicted octanol–water partition coefficient (Wildman–Crippen LogP) is 3.98. The maximum Gasteiger partial charge on any atom is 0.140 e. The molecule has 0 N–H and O–H groups in total. The second-order valence-corrected chi connectivity index (χ2v) is 6.52. The number of allylic oxidation sites excluding steroid dienone is 1. The van der Waals surface area contributed by atoms with E-state index in [1.54, 1.807) is 0 Å². The molecule has 1 nitrogen and oxygen atoms in total. The molecule has 0 aliphatic heterocycles. The quantitative estimate of drug-likeness (QED) is 0.577. The van der Waals surface area contributed by atoms with Crippen LogP contribution in [0.2, 0.25) is 0 Å². The number of carbonyl (C=O) groups excluding carboxylic acids is 1. The first kappa shape index (κ1) is 11.5. The molecule has 5 unspecified atom stereocenters. The summed E-state index contributed by atoms with van der Waals surface area (Å²) in [4.78, 5) is 12.6. The second-order valence-electron chi connectivity index (χ2n) is 6.52. The highest BCUT2D eigenvalue weighted by molar-refractivity contribution is 5.86. The molecule has 17 heavy (non-hydrogen) atoms. The maximum atomic E-state index is 12.6. The zero-order chi connectivity index (χ0) is 12.0. The average Bonchev–Trinajstić information content (AvgIpc) is 2.36. The summed E-state index contributed by atoms with van der Waals surface area (Å²) in [5.41, 5.74) is 1.45. The van der Waals surface area contributed by atoms with E-state index in [9.17, 15) is 4.79 Å². The molecule has 3 aliphatic rings. The third-order valence-corrected chi connectivity index (χ3v) is 5.62. The Hall–Kier alpha value is -0.590. The van der Waals surface area contributed by atoms with Crippen LogP contribution >= 0.6 is 0 Å². The number of Topliss-reactive ketones (excluding diaryl/α,β-unsaturated/α-hetero) is 1. The highest BCUT2D eigenvalue weighted by Crippen LogP contribution is 2.52. The van der Waals surface area contributed by atoms with Crippen LogP contribution in [0.15, 0.2) is 12.2 Å². The summed E-state index contributed by atoms with van der Waals surface area (Å²) in [5, 5.41) is 0. The van der Waals surface area contributed by atoms with Crippen LogP contribution in [0.1, 0.15) is 51.9 Å². The van der Waals surface area contributed by atoms with E-state index in [4.69, 9.17) is 0 Å². The van der Waals surface area contributed by atoms with Crippen LogP contribution in [0.25, 0.3) is 0 Å². The van der Waals surface area contributed by atoms with Gasteiger partial charge in [-0.1, -0.05) is 44.8 Å². The highest BCUT2D eigenvalue weighted by Gasteiger charge is 2.48. The summed E-state index contributed by atoms with van der Waals surface area (Å²) < 4.78 is 0. The third kappa shape index (κ3) is 1.70. The molecule has 0 aromatic heterocycles. The monoisotopic (exact) mass is 232 g/mol. The lowest BCUT2D eigenvalue weighted by molar-refractivity contribution is -0.135. The zero-order valence-corrected chi connectivity index (χ0v) is 11.0. The van der Waals surface area contributed by atoms with Crippen LogP contribution < -0.4 is 0 Å². The summed E-state index contributed by atoms with van der Waals surface area (Å²) >= 11 is 0. The molecule has 0 amide bonds. The Balaban J connectivity index is 1.92. The van der Waals surface area contributed by atoms with Gasteiger partial charge in [0, 0.05) is 11.8 Å².